The van der Waals surface area contributed by atoms with Gasteiger partial charge < -0.3 is 5.32 Å². The highest BCUT2D eigenvalue weighted by Gasteiger charge is 2.10. The SMILES string of the molecule is CNCCc1nnc(-c2nccc3ccccc23)s1. The monoisotopic (exact) mass is 270 g/mol. The minimum absolute atomic E-state index is 0.892. The van der Waals surface area contributed by atoms with E-state index in [0.29, 0.717) is 0 Å². The lowest BCUT2D eigenvalue weighted by Crippen LogP contribution is -2.09. The van der Waals surface area contributed by atoms with Crippen LogP contribution in [0.3, 0.4) is 0 Å². The molecule has 0 aliphatic rings. The Morgan fingerprint density at radius 1 is 1.16 bits per heavy atom. The maximum absolute atomic E-state index is 4.46. The molecule has 0 bridgehead atoms. The minimum atomic E-state index is 0.892. The largest absolute Gasteiger partial charge is 0.319 e. The van der Waals surface area contributed by atoms with E-state index in [0.717, 1.165) is 34.1 Å². The molecule has 0 radical (unpaired) electrons. The molecule has 2 heterocycles. The van der Waals surface area contributed by atoms with E-state index < -0.39 is 0 Å². The molecular weight excluding hydrogens is 256 g/mol. The molecule has 2 aromatic heterocycles. The van der Waals surface area contributed by atoms with Crippen LogP contribution in [-0.2, 0) is 6.42 Å². The van der Waals surface area contributed by atoms with Crippen LogP contribution in [0.25, 0.3) is 21.5 Å². The Labute approximate surface area is 115 Å². The van der Waals surface area contributed by atoms with E-state index in [1.54, 1.807) is 11.3 Å². The van der Waals surface area contributed by atoms with Crippen molar-refractivity contribution in [1.82, 2.24) is 20.5 Å². The molecule has 0 aliphatic carbocycles. The van der Waals surface area contributed by atoms with Crippen LogP contribution in [0.5, 0.6) is 0 Å². The molecule has 0 unspecified atom stereocenters. The van der Waals surface area contributed by atoms with Crippen LogP contribution in [0.1, 0.15) is 5.01 Å². The van der Waals surface area contributed by atoms with Gasteiger partial charge in [0.05, 0.1) is 0 Å². The number of rotatable bonds is 4. The van der Waals surface area contributed by atoms with E-state index in [2.05, 4.69) is 32.6 Å². The first-order valence-electron chi connectivity index (χ1n) is 6.19. The van der Waals surface area contributed by atoms with Crippen molar-refractivity contribution in [3.05, 3.63) is 41.5 Å². The van der Waals surface area contributed by atoms with Gasteiger partial charge in [-0.2, -0.15) is 0 Å². The molecule has 0 saturated heterocycles. The van der Waals surface area contributed by atoms with E-state index in [9.17, 15) is 0 Å². The minimum Gasteiger partial charge on any atom is -0.319 e. The highest BCUT2D eigenvalue weighted by Crippen LogP contribution is 2.28. The average Bonchev–Trinajstić information content (AvgIpc) is 2.93. The smallest absolute Gasteiger partial charge is 0.166 e. The Kier molecular flexibility index (Phi) is 3.48. The Hall–Kier alpha value is -1.85. The number of hydrogen-bond acceptors (Lipinski definition) is 5. The third kappa shape index (κ3) is 2.47. The summed E-state index contributed by atoms with van der Waals surface area (Å²) in [7, 11) is 1.94. The summed E-state index contributed by atoms with van der Waals surface area (Å²) >= 11 is 1.62. The quantitative estimate of drug-likeness (QED) is 0.791. The van der Waals surface area contributed by atoms with Gasteiger partial charge in [-0.25, -0.2) is 0 Å². The van der Waals surface area contributed by atoms with Crippen LogP contribution < -0.4 is 5.32 Å². The van der Waals surface area contributed by atoms with Gasteiger partial charge in [0, 0.05) is 24.5 Å². The summed E-state index contributed by atoms with van der Waals surface area (Å²) in [6, 6.07) is 10.2. The molecule has 3 rings (SSSR count). The molecule has 19 heavy (non-hydrogen) atoms. The van der Waals surface area contributed by atoms with Crippen LogP contribution in [0.2, 0.25) is 0 Å². The number of aromatic nitrogens is 3. The summed E-state index contributed by atoms with van der Waals surface area (Å²) in [6.07, 6.45) is 2.73. The second kappa shape index (κ2) is 5.42. The highest BCUT2D eigenvalue weighted by molar-refractivity contribution is 7.14. The predicted molar refractivity (Wildman–Crippen MR) is 78.3 cm³/mol. The molecule has 0 spiro atoms. The lowest BCUT2D eigenvalue weighted by molar-refractivity contribution is 0.779. The zero-order chi connectivity index (χ0) is 13.1. The lowest BCUT2D eigenvalue weighted by Gasteiger charge is -2.01. The third-order valence-corrected chi connectivity index (χ3v) is 3.92. The molecule has 0 fully saturated rings. The van der Waals surface area contributed by atoms with Gasteiger partial charge >= 0.3 is 0 Å². The van der Waals surface area contributed by atoms with Crippen LogP contribution in [-0.4, -0.2) is 28.8 Å². The van der Waals surface area contributed by atoms with Crippen molar-refractivity contribution >= 4 is 22.1 Å². The Morgan fingerprint density at radius 3 is 2.95 bits per heavy atom. The lowest BCUT2D eigenvalue weighted by atomic mass is 10.1. The normalized spacial score (nSPS) is 11.0. The number of hydrogen-bond donors (Lipinski definition) is 1. The van der Waals surface area contributed by atoms with E-state index in [4.69, 9.17) is 0 Å². The van der Waals surface area contributed by atoms with Gasteiger partial charge in [-0.15, -0.1) is 10.2 Å². The van der Waals surface area contributed by atoms with E-state index in [-0.39, 0.29) is 0 Å². The van der Waals surface area contributed by atoms with Crippen molar-refractivity contribution in [2.24, 2.45) is 0 Å². The van der Waals surface area contributed by atoms with Crippen molar-refractivity contribution in [3.8, 4) is 10.7 Å². The Bertz CT molecular complexity index is 687. The van der Waals surface area contributed by atoms with E-state index >= 15 is 0 Å². The summed E-state index contributed by atoms with van der Waals surface area (Å²) in [6.45, 7) is 0.914. The first kappa shape index (κ1) is 12.2. The fourth-order valence-corrected chi connectivity index (χ4v) is 2.82. The summed E-state index contributed by atoms with van der Waals surface area (Å²) in [5.41, 5.74) is 0.923. The van der Waals surface area contributed by atoms with E-state index in [1.165, 1.54) is 5.39 Å². The average molecular weight is 270 g/mol. The van der Waals surface area contributed by atoms with Crippen LogP contribution in [0.4, 0.5) is 0 Å². The maximum Gasteiger partial charge on any atom is 0.166 e. The van der Waals surface area contributed by atoms with Gasteiger partial charge in [-0.1, -0.05) is 35.6 Å². The van der Waals surface area contributed by atoms with Gasteiger partial charge in [0.25, 0.3) is 0 Å². The molecule has 0 saturated carbocycles. The number of likely N-dealkylation sites (N-methyl/N-ethyl adjacent to an activating group) is 1. The number of fused-ring (bicyclic) bond motifs is 1. The molecule has 1 aromatic carbocycles. The van der Waals surface area contributed by atoms with Gasteiger partial charge in [0.1, 0.15) is 10.7 Å². The molecule has 0 aliphatic heterocycles. The van der Waals surface area contributed by atoms with Crippen molar-refractivity contribution in [3.63, 3.8) is 0 Å². The zero-order valence-corrected chi connectivity index (χ0v) is 11.4. The first-order chi connectivity index (χ1) is 9.38. The van der Waals surface area contributed by atoms with Crippen LogP contribution >= 0.6 is 11.3 Å². The molecule has 96 valence electrons. The number of pyridine rings is 1. The molecule has 0 atom stereocenters. The summed E-state index contributed by atoms with van der Waals surface area (Å²) in [5, 5.41) is 15.8. The predicted octanol–water partition coefficient (Wildman–Crippen LogP) is 2.52. The second-order valence-electron chi connectivity index (χ2n) is 4.24. The molecule has 1 N–H and O–H groups in total. The van der Waals surface area contributed by atoms with Crippen molar-refractivity contribution in [2.75, 3.05) is 13.6 Å². The third-order valence-electron chi connectivity index (χ3n) is 2.93. The van der Waals surface area contributed by atoms with Crippen molar-refractivity contribution < 1.29 is 0 Å². The topological polar surface area (TPSA) is 50.7 Å². The Balaban J connectivity index is 2.02. The molecule has 3 aromatic rings. The summed E-state index contributed by atoms with van der Waals surface area (Å²) in [5.74, 6) is 0. The standard InChI is InChI=1S/C14H14N4S/c1-15-8-7-12-17-18-14(19-12)13-11-5-3-2-4-10(11)6-9-16-13/h2-6,9,15H,7-8H2,1H3. The number of nitrogens with one attached hydrogen (secondary N) is 1. The highest BCUT2D eigenvalue weighted by atomic mass is 32.1. The van der Waals surface area contributed by atoms with Crippen molar-refractivity contribution in [1.29, 1.82) is 0 Å². The molecule has 5 heteroatoms. The van der Waals surface area contributed by atoms with E-state index in [1.807, 2.05) is 31.4 Å². The fraction of sp³-hybridized carbons (Fsp3) is 0.214. The molecule has 4 nitrogen and oxygen atoms in total. The molecular formula is C14H14N4S. The second-order valence-corrected chi connectivity index (χ2v) is 5.30. The van der Waals surface area contributed by atoms with Crippen LogP contribution in [0.15, 0.2) is 36.5 Å². The van der Waals surface area contributed by atoms with Gasteiger partial charge in [0.15, 0.2) is 5.01 Å². The van der Waals surface area contributed by atoms with Gasteiger partial charge in [-0.05, 0) is 18.5 Å². The first-order valence-corrected chi connectivity index (χ1v) is 7.01. The van der Waals surface area contributed by atoms with Gasteiger partial charge in [0.2, 0.25) is 0 Å². The zero-order valence-electron chi connectivity index (χ0n) is 10.6. The molecule has 0 amide bonds. The summed E-state index contributed by atoms with van der Waals surface area (Å²) in [4.78, 5) is 4.46. The van der Waals surface area contributed by atoms with Crippen LogP contribution in [0, 0.1) is 0 Å². The number of nitrogens with zero attached hydrogens (tertiary/aromatic N) is 3. The fourth-order valence-electron chi connectivity index (χ4n) is 1.97. The van der Waals surface area contributed by atoms with Gasteiger partial charge in [-0.3, -0.25) is 4.98 Å². The van der Waals surface area contributed by atoms with Crippen molar-refractivity contribution in [2.45, 2.75) is 6.42 Å². The summed E-state index contributed by atoms with van der Waals surface area (Å²) < 4.78 is 0. The Morgan fingerprint density at radius 2 is 2.05 bits per heavy atom. The maximum atomic E-state index is 4.46. The number of benzene rings is 1.